The summed E-state index contributed by atoms with van der Waals surface area (Å²) in [6, 6.07) is 15.3. The molecule has 0 aromatic heterocycles. The topological polar surface area (TPSA) is 67.9 Å². The van der Waals surface area contributed by atoms with Gasteiger partial charge in [0.15, 0.2) is 11.5 Å². The van der Waals surface area contributed by atoms with Gasteiger partial charge in [0.2, 0.25) is 5.91 Å². The first kappa shape index (κ1) is 20.7. The third-order valence-corrected chi connectivity index (χ3v) is 5.34. The summed E-state index contributed by atoms with van der Waals surface area (Å²) in [5.41, 5.74) is 1.77. The Bertz CT molecular complexity index is 830. The molecule has 0 atom stereocenters. The fourth-order valence-electron chi connectivity index (χ4n) is 3.62. The van der Waals surface area contributed by atoms with Crippen molar-refractivity contribution < 1.29 is 19.1 Å². The fourth-order valence-corrected chi connectivity index (χ4v) is 3.62. The highest BCUT2D eigenvalue weighted by Gasteiger charge is 2.28. The van der Waals surface area contributed by atoms with Crippen molar-refractivity contribution in [3.8, 4) is 11.5 Å². The molecule has 1 fully saturated rings. The molecule has 1 aliphatic heterocycles. The molecule has 154 valence electrons. The molecule has 0 saturated carbocycles. The Morgan fingerprint density at radius 1 is 1.00 bits per heavy atom. The number of benzene rings is 2. The Hall–Kier alpha value is -3.02. The van der Waals surface area contributed by atoms with E-state index in [1.54, 1.807) is 37.3 Å². The zero-order valence-electron chi connectivity index (χ0n) is 17.0. The van der Waals surface area contributed by atoms with E-state index in [1.807, 2.05) is 18.2 Å². The van der Waals surface area contributed by atoms with E-state index in [9.17, 15) is 9.59 Å². The van der Waals surface area contributed by atoms with Crippen LogP contribution in [0.3, 0.4) is 0 Å². The third kappa shape index (κ3) is 5.28. The Balaban J connectivity index is 1.48. The van der Waals surface area contributed by atoms with Crippen molar-refractivity contribution in [3.05, 3.63) is 59.7 Å². The van der Waals surface area contributed by atoms with E-state index in [0.29, 0.717) is 49.5 Å². The minimum Gasteiger partial charge on any atom is -0.493 e. The van der Waals surface area contributed by atoms with Crippen molar-refractivity contribution in [3.63, 3.8) is 0 Å². The predicted octanol–water partition coefficient (Wildman–Crippen LogP) is 2.91. The van der Waals surface area contributed by atoms with Crippen LogP contribution in [0.5, 0.6) is 11.5 Å². The molecule has 2 amide bonds. The number of piperidine rings is 1. The van der Waals surface area contributed by atoms with Crippen molar-refractivity contribution >= 4 is 11.8 Å². The molecule has 3 rings (SSSR count). The lowest BCUT2D eigenvalue weighted by atomic mass is 9.95. The Kier molecular flexibility index (Phi) is 7.11. The maximum atomic E-state index is 12.8. The van der Waals surface area contributed by atoms with Crippen LogP contribution < -0.4 is 14.8 Å². The molecular weight excluding hydrogens is 368 g/mol. The minimum absolute atomic E-state index is 0.0415. The van der Waals surface area contributed by atoms with E-state index >= 15 is 0 Å². The third-order valence-electron chi connectivity index (χ3n) is 5.34. The molecule has 0 radical (unpaired) electrons. The monoisotopic (exact) mass is 396 g/mol. The zero-order chi connectivity index (χ0) is 20.6. The summed E-state index contributed by atoms with van der Waals surface area (Å²) in [6.45, 7) is 1.78. The average molecular weight is 396 g/mol. The first-order chi connectivity index (χ1) is 14.1. The second-order valence-corrected chi connectivity index (χ2v) is 7.16. The van der Waals surface area contributed by atoms with Gasteiger partial charge in [-0.25, -0.2) is 0 Å². The summed E-state index contributed by atoms with van der Waals surface area (Å²) in [6.07, 6.45) is 2.18. The summed E-state index contributed by atoms with van der Waals surface area (Å²) in [7, 11) is 3.11. The zero-order valence-corrected chi connectivity index (χ0v) is 17.0. The van der Waals surface area contributed by atoms with Crippen molar-refractivity contribution in [1.82, 2.24) is 10.2 Å². The molecule has 6 nitrogen and oxygen atoms in total. The summed E-state index contributed by atoms with van der Waals surface area (Å²) in [4.78, 5) is 27.0. The molecule has 1 heterocycles. The maximum absolute atomic E-state index is 12.8. The first-order valence-electron chi connectivity index (χ1n) is 9.95. The largest absolute Gasteiger partial charge is 0.493 e. The van der Waals surface area contributed by atoms with Gasteiger partial charge in [-0.3, -0.25) is 9.59 Å². The summed E-state index contributed by atoms with van der Waals surface area (Å²) >= 11 is 0. The van der Waals surface area contributed by atoms with E-state index in [0.717, 1.165) is 6.42 Å². The average Bonchev–Trinajstić information content (AvgIpc) is 2.78. The number of ether oxygens (including phenoxy) is 2. The van der Waals surface area contributed by atoms with Gasteiger partial charge in [-0.15, -0.1) is 0 Å². The highest BCUT2D eigenvalue weighted by molar-refractivity contribution is 5.95. The fraction of sp³-hybridized carbons (Fsp3) is 0.391. The number of rotatable bonds is 7. The quantitative estimate of drug-likeness (QED) is 0.781. The summed E-state index contributed by atoms with van der Waals surface area (Å²) in [5.74, 6) is 1.12. The molecule has 0 spiro atoms. The molecule has 2 aromatic carbocycles. The number of methoxy groups -OCH3 is 2. The molecule has 2 aromatic rings. The Morgan fingerprint density at radius 2 is 1.69 bits per heavy atom. The van der Waals surface area contributed by atoms with Gasteiger partial charge in [-0.1, -0.05) is 30.3 Å². The van der Waals surface area contributed by atoms with E-state index in [1.165, 1.54) is 5.56 Å². The molecule has 6 heteroatoms. The number of hydrogen-bond acceptors (Lipinski definition) is 4. The highest BCUT2D eigenvalue weighted by atomic mass is 16.5. The van der Waals surface area contributed by atoms with Crippen molar-refractivity contribution in [2.75, 3.05) is 33.9 Å². The van der Waals surface area contributed by atoms with Crippen LogP contribution in [-0.2, 0) is 11.2 Å². The van der Waals surface area contributed by atoms with Crippen LogP contribution in [-0.4, -0.2) is 50.6 Å². The van der Waals surface area contributed by atoms with E-state index in [4.69, 9.17) is 9.47 Å². The maximum Gasteiger partial charge on any atom is 0.253 e. The minimum atomic E-state index is -0.0473. The Morgan fingerprint density at radius 3 is 2.34 bits per heavy atom. The summed E-state index contributed by atoms with van der Waals surface area (Å²) < 4.78 is 10.5. The van der Waals surface area contributed by atoms with Gasteiger partial charge < -0.3 is 19.7 Å². The SMILES string of the molecule is COc1ccc(C(=O)N2CCC(C(=O)NCCc3ccccc3)CC2)cc1OC. The van der Waals surface area contributed by atoms with Gasteiger partial charge in [0.25, 0.3) is 5.91 Å². The van der Waals surface area contributed by atoms with E-state index in [-0.39, 0.29) is 17.7 Å². The van der Waals surface area contributed by atoms with Crippen molar-refractivity contribution in [1.29, 1.82) is 0 Å². The highest BCUT2D eigenvalue weighted by Crippen LogP contribution is 2.28. The van der Waals surface area contributed by atoms with Crippen LogP contribution in [0.15, 0.2) is 48.5 Å². The molecule has 0 bridgehead atoms. The lowest BCUT2D eigenvalue weighted by Gasteiger charge is -2.31. The lowest BCUT2D eigenvalue weighted by Crippen LogP contribution is -2.43. The van der Waals surface area contributed by atoms with E-state index in [2.05, 4.69) is 17.4 Å². The number of nitrogens with one attached hydrogen (secondary N) is 1. The second kappa shape index (κ2) is 9.96. The van der Waals surface area contributed by atoms with Gasteiger partial charge in [-0.05, 0) is 43.0 Å². The number of amides is 2. The molecule has 0 aliphatic carbocycles. The predicted molar refractivity (Wildman–Crippen MR) is 111 cm³/mol. The van der Waals surface area contributed by atoms with Gasteiger partial charge in [0.05, 0.1) is 14.2 Å². The number of hydrogen-bond donors (Lipinski definition) is 1. The normalized spacial score (nSPS) is 14.3. The van der Waals surface area contributed by atoms with Crippen LogP contribution in [0.2, 0.25) is 0 Å². The molecular formula is C23H28N2O4. The van der Waals surface area contributed by atoms with Gasteiger partial charge in [0, 0.05) is 31.1 Å². The molecule has 1 aliphatic rings. The molecule has 0 unspecified atom stereocenters. The van der Waals surface area contributed by atoms with Crippen molar-refractivity contribution in [2.24, 2.45) is 5.92 Å². The Labute approximate surface area is 171 Å². The first-order valence-corrected chi connectivity index (χ1v) is 9.95. The second-order valence-electron chi connectivity index (χ2n) is 7.16. The number of nitrogens with zero attached hydrogens (tertiary/aromatic N) is 1. The number of carbonyl (C=O) groups excluding carboxylic acids is 2. The van der Waals surface area contributed by atoms with Crippen LogP contribution in [0, 0.1) is 5.92 Å². The van der Waals surface area contributed by atoms with Crippen LogP contribution in [0.25, 0.3) is 0 Å². The van der Waals surface area contributed by atoms with Crippen LogP contribution in [0.4, 0.5) is 0 Å². The molecule has 29 heavy (non-hydrogen) atoms. The standard InChI is InChI=1S/C23H28N2O4/c1-28-20-9-8-19(16-21(20)29-2)23(27)25-14-11-18(12-15-25)22(26)24-13-10-17-6-4-3-5-7-17/h3-9,16,18H,10-15H2,1-2H3,(H,24,26). The molecule has 1 N–H and O–H groups in total. The van der Waals surface area contributed by atoms with Gasteiger partial charge in [0.1, 0.15) is 0 Å². The smallest absolute Gasteiger partial charge is 0.253 e. The van der Waals surface area contributed by atoms with Gasteiger partial charge in [-0.2, -0.15) is 0 Å². The number of carbonyl (C=O) groups is 2. The van der Waals surface area contributed by atoms with Crippen LogP contribution in [0.1, 0.15) is 28.8 Å². The van der Waals surface area contributed by atoms with Crippen LogP contribution >= 0.6 is 0 Å². The van der Waals surface area contributed by atoms with Gasteiger partial charge >= 0.3 is 0 Å². The van der Waals surface area contributed by atoms with Crippen molar-refractivity contribution in [2.45, 2.75) is 19.3 Å². The van der Waals surface area contributed by atoms with E-state index < -0.39 is 0 Å². The lowest BCUT2D eigenvalue weighted by molar-refractivity contribution is -0.126. The molecule has 1 saturated heterocycles. The number of likely N-dealkylation sites (tertiary alicyclic amines) is 1. The summed E-state index contributed by atoms with van der Waals surface area (Å²) in [5, 5.41) is 3.03.